The minimum absolute atomic E-state index is 0.0155. The van der Waals surface area contributed by atoms with Crippen LogP contribution in [0.3, 0.4) is 0 Å². The molecule has 0 bridgehead atoms. The summed E-state index contributed by atoms with van der Waals surface area (Å²) in [5.41, 5.74) is 0. The Labute approximate surface area is 78.6 Å². The van der Waals surface area contributed by atoms with E-state index in [0.717, 1.165) is 0 Å². The first-order chi connectivity index (χ1) is 6.16. The summed E-state index contributed by atoms with van der Waals surface area (Å²) in [6.45, 7) is 2.59. The predicted molar refractivity (Wildman–Crippen MR) is 49.4 cm³/mol. The maximum atomic E-state index is 11.0. The van der Waals surface area contributed by atoms with E-state index in [1.807, 2.05) is 0 Å². The number of ether oxygens (including phenoxy) is 1. The van der Waals surface area contributed by atoms with Gasteiger partial charge in [-0.2, -0.15) is 0 Å². The van der Waals surface area contributed by atoms with Crippen molar-refractivity contribution in [1.29, 1.82) is 0 Å². The van der Waals surface area contributed by atoms with Crippen LogP contribution in [0.15, 0.2) is 0 Å². The smallest absolute Gasteiger partial charge is 0.220 e. The fraction of sp³-hybridized carbons (Fsp3) is 0.778. The number of amides is 1. The molecule has 1 N–H and O–H groups in total. The number of hydrogen-bond donors (Lipinski definition) is 1. The standard InChI is InChI=1S/C9H17NO3/c1-8(11)4-3-5-9(12)10-6-7-13-2/h3-7H2,1-2H3,(H,10,12). The van der Waals surface area contributed by atoms with E-state index in [1.165, 1.54) is 6.92 Å². The summed E-state index contributed by atoms with van der Waals surface area (Å²) in [5, 5.41) is 2.68. The number of methoxy groups -OCH3 is 1. The Morgan fingerprint density at radius 3 is 2.54 bits per heavy atom. The Hall–Kier alpha value is -0.900. The molecule has 0 aliphatic carbocycles. The fourth-order valence-corrected chi connectivity index (χ4v) is 0.879. The average molecular weight is 187 g/mol. The number of rotatable bonds is 7. The van der Waals surface area contributed by atoms with E-state index in [-0.39, 0.29) is 11.7 Å². The summed E-state index contributed by atoms with van der Waals surface area (Å²) < 4.78 is 4.77. The zero-order valence-corrected chi connectivity index (χ0v) is 8.26. The van der Waals surface area contributed by atoms with Crippen LogP contribution in [0.25, 0.3) is 0 Å². The van der Waals surface area contributed by atoms with Crippen molar-refractivity contribution in [2.45, 2.75) is 26.2 Å². The molecule has 0 heterocycles. The second-order valence-electron chi connectivity index (χ2n) is 2.90. The molecule has 0 unspecified atom stereocenters. The molecule has 0 saturated carbocycles. The number of ketones is 1. The SMILES string of the molecule is COCCNC(=O)CCCC(C)=O. The third-order valence-electron chi connectivity index (χ3n) is 1.56. The van der Waals surface area contributed by atoms with E-state index in [1.54, 1.807) is 7.11 Å². The lowest BCUT2D eigenvalue weighted by molar-refractivity contribution is -0.121. The van der Waals surface area contributed by atoms with Gasteiger partial charge < -0.3 is 14.8 Å². The van der Waals surface area contributed by atoms with E-state index < -0.39 is 0 Å². The second kappa shape index (κ2) is 7.73. The first-order valence-electron chi connectivity index (χ1n) is 4.42. The number of carbonyl (C=O) groups is 2. The maximum absolute atomic E-state index is 11.0. The van der Waals surface area contributed by atoms with Crippen LogP contribution in [-0.2, 0) is 14.3 Å². The Kier molecular flexibility index (Phi) is 7.20. The van der Waals surface area contributed by atoms with Gasteiger partial charge in [-0.1, -0.05) is 0 Å². The van der Waals surface area contributed by atoms with Gasteiger partial charge in [-0.15, -0.1) is 0 Å². The molecule has 13 heavy (non-hydrogen) atoms. The molecule has 0 aliphatic heterocycles. The molecule has 0 radical (unpaired) electrons. The fourth-order valence-electron chi connectivity index (χ4n) is 0.879. The molecule has 0 rings (SSSR count). The minimum atomic E-state index is -0.0155. The van der Waals surface area contributed by atoms with Gasteiger partial charge in [0.25, 0.3) is 0 Å². The molecular formula is C9H17NO3. The van der Waals surface area contributed by atoms with Gasteiger partial charge in [0, 0.05) is 26.5 Å². The maximum Gasteiger partial charge on any atom is 0.220 e. The molecule has 0 saturated heterocycles. The molecule has 0 aromatic rings. The summed E-state index contributed by atoms with van der Waals surface area (Å²) in [5.74, 6) is 0.114. The van der Waals surface area contributed by atoms with E-state index in [0.29, 0.717) is 32.4 Å². The lowest BCUT2D eigenvalue weighted by atomic mass is 10.2. The molecule has 1 amide bonds. The van der Waals surface area contributed by atoms with Crippen LogP contribution < -0.4 is 5.32 Å². The Morgan fingerprint density at radius 2 is 2.00 bits per heavy atom. The number of hydrogen-bond acceptors (Lipinski definition) is 3. The van der Waals surface area contributed by atoms with Crippen molar-refractivity contribution in [2.24, 2.45) is 0 Å². The second-order valence-corrected chi connectivity index (χ2v) is 2.90. The van der Waals surface area contributed by atoms with Crippen LogP contribution in [0.2, 0.25) is 0 Å². The van der Waals surface area contributed by atoms with Crippen molar-refractivity contribution >= 4 is 11.7 Å². The van der Waals surface area contributed by atoms with Gasteiger partial charge in [0.2, 0.25) is 5.91 Å². The van der Waals surface area contributed by atoms with Crippen molar-refractivity contribution in [2.75, 3.05) is 20.3 Å². The highest BCUT2D eigenvalue weighted by Crippen LogP contribution is 1.95. The van der Waals surface area contributed by atoms with Gasteiger partial charge in [0.15, 0.2) is 0 Å². The van der Waals surface area contributed by atoms with Gasteiger partial charge in [0.1, 0.15) is 5.78 Å². The topological polar surface area (TPSA) is 55.4 Å². The molecule has 0 aliphatic rings. The third kappa shape index (κ3) is 9.01. The largest absolute Gasteiger partial charge is 0.383 e. The molecular weight excluding hydrogens is 170 g/mol. The average Bonchev–Trinajstić information content (AvgIpc) is 2.04. The third-order valence-corrected chi connectivity index (χ3v) is 1.56. The Morgan fingerprint density at radius 1 is 1.31 bits per heavy atom. The van der Waals surface area contributed by atoms with Crippen LogP contribution in [0.1, 0.15) is 26.2 Å². The van der Waals surface area contributed by atoms with Gasteiger partial charge in [0.05, 0.1) is 6.61 Å². The summed E-state index contributed by atoms with van der Waals surface area (Å²) >= 11 is 0. The van der Waals surface area contributed by atoms with Gasteiger partial charge >= 0.3 is 0 Å². The van der Waals surface area contributed by atoms with Crippen LogP contribution in [0, 0.1) is 0 Å². The van der Waals surface area contributed by atoms with Crippen molar-refractivity contribution < 1.29 is 14.3 Å². The quantitative estimate of drug-likeness (QED) is 0.591. The van der Waals surface area contributed by atoms with E-state index in [4.69, 9.17) is 4.74 Å². The molecule has 0 spiro atoms. The highest BCUT2D eigenvalue weighted by molar-refractivity contribution is 5.78. The molecule has 0 aromatic carbocycles. The van der Waals surface area contributed by atoms with Gasteiger partial charge in [-0.3, -0.25) is 4.79 Å². The zero-order valence-electron chi connectivity index (χ0n) is 8.26. The molecule has 0 atom stereocenters. The first-order valence-corrected chi connectivity index (χ1v) is 4.42. The minimum Gasteiger partial charge on any atom is -0.383 e. The zero-order chi connectivity index (χ0) is 10.1. The van der Waals surface area contributed by atoms with Crippen molar-refractivity contribution in [3.63, 3.8) is 0 Å². The first kappa shape index (κ1) is 12.1. The number of nitrogens with one attached hydrogen (secondary N) is 1. The molecule has 4 heteroatoms. The van der Waals surface area contributed by atoms with Crippen molar-refractivity contribution in [3.05, 3.63) is 0 Å². The summed E-state index contributed by atoms with van der Waals surface area (Å²) in [7, 11) is 1.59. The highest BCUT2D eigenvalue weighted by Gasteiger charge is 2.00. The van der Waals surface area contributed by atoms with E-state index in [9.17, 15) is 9.59 Å². The van der Waals surface area contributed by atoms with Crippen LogP contribution in [-0.4, -0.2) is 32.0 Å². The normalized spacial score (nSPS) is 9.69. The highest BCUT2D eigenvalue weighted by atomic mass is 16.5. The van der Waals surface area contributed by atoms with Gasteiger partial charge in [-0.25, -0.2) is 0 Å². The van der Waals surface area contributed by atoms with Crippen LogP contribution >= 0.6 is 0 Å². The Bertz CT molecular complexity index is 168. The molecule has 4 nitrogen and oxygen atoms in total. The Balaban J connectivity index is 3.25. The van der Waals surface area contributed by atoms with Crippen molar-refractivity contribution in [1.82, 2.24) is 5.32 Å². The van der Waals surface area contributed by atoms with E-state index >= 15 is 0 Å². The van der Waals surface area contributed by atoms with Crippen molar-refractivity contribution in [3.8, 4) is 0 Å². The lowest BCUT2D eigenvalue weighted by Crippen LogP contribution is -2.26. The van der Waals surface area contributed by atoms with Crippen LogP contribution in [0.4, 0.5) is 0 Å². The molecule has 0 fully saturated rings. The number of Topliss-reactive ketones (excluding diaryl/α,β-unsaturated/α-hetero) is 1. The summed E-state index contributed by atoms with van der Waals surface area (Å²) in [6.07, 6.45) is 1.54. The van der Waals surface area contributed by atoms with Crippen LogP contribution in [0.5, 0.6) is 0 Å². The van der Waals surface area contributed by atoms with Gasteiger partial charge in [-0.05, 0) is 13.3 Å². The molecule has 76 valence electrons. The summed E-state index contributed by atoms with van der Waals surface area (Å²) in [6, 6.07) is 0. The predicted octanol–water partition coefficient (Wildman–Crippen LogP) is 0.508. The number of carbonyl (C=O) groups excluding carboxylic acids is 2. The lowest BCUT2D eigenvalue weighted by Gasteiger charge is -2.02. The monoisotopic (exact) mass is 187 g/mol. The summed E-state index contributed by atoms with van der Waals surface area (Å²) in [4.78, 5) is 21.6. The molecule has 0 aromatic heterocycles. The van der Waals surface area contributed by atoms with E-state index in [2.05, 4.69) is 5.32 Å².